The van der Waals surface area contributed by atoms with Crippen molar-refractivity contribution in [3.8, 4) is 0 Å². The van der Waals surface area contributed by atoms with E-state index in [9.17, 15) is 10.1 Å². The maximum atomic E-state index is 11.3. The van der Waals surface area contributed by atoms with E-state index in [1.807, 2.05) is 20.8 Å². The largest absolute Gasteiger partial charge is 0.363 e. The summed E-state index contributed by atoms with van der Waals surface area (Å²) in [5.41, 5.74) is -0.121. The maximum absolute atomic E-state index is 11.3. The van der Waals surface area contributed by atoms with Crippen LogP contribution < -0.4 is 5.32 Å². The summed E-state index contributed by atoms with van der Waals surface area (Å²) >= 11 is 3.86. The number of aromatic nitrogens is 4. The molecule has 3 heterocycles. The number of rotatable bonds is 4. The fraction of sp³-hybridized carbons (Fsp3) is 0.364. The molecule has 8 nitrogen and oxygen atoms in total. The molecule has 3 aromatic rings. The minimum atomic E-state index is -0.426. The van der Waals surface area contributed by atoms with Crippen molar-refractivity contribution in [2.45, 2.75) is 35.7 Å². The lowest BCUT2D eigenvalue weighted by Gasteiger charge is -2.18. The molecule has 0 fully saturated rings. The monoisotopic (exact) mass is 356 g/mol. The van der Waals surface area contributed by atoms with Crippen LogP contribution in [0.15, 0.2) is 20.9 Å². The number of anilines is 1. The van der Waals surface area contributed by atoms with Gasteiger partial charge in [0, 0.05) is 10.9 Å². The van der Waals surface area contributed by atoms with Gasteiger partial charge in [-0.25, -0.2) is 0 Å². The van der Waals surface area contributed by atoms with Gasteiger partial charge in [0.2, 0.25) is 10.2 Å². The van der Waals surface area contributed by atoms with E-state index < -0.39 is 4.92 Å². The summed E-state index contributed by atoms with van der Waals surface area (Å²) in [4.78, 5) is 15.7. The number of nitrogens with zero attached hydrogens (tertiary/aromatic N) is 5. The molecule has 3 aromatic heterocycles. The third-order valence-electron chi connectivity index (χ3n) is 2.45. The number of nitrogens with one attached hydrogen (secondary N) is 1. The van der Waals surface area contributed by atoms with Gasteiger partial charge >= 0.3 is 5.82 Å². The lowest BCUT2D eigenvalue weighted by Crippen LogP contribution is -2.25. The third-order valence-corrected chi connectivity index (χ3v) is 5.06. The predicted molar refractivity (Wildman–Crippen MR) is 87.1 cm³/mol. The average Bonchev–Trinajstić information content (AvgIpc) is 3.02. The molecular weight excluding hydrogens is 344 g/mol. The topological polar surface area (TPSA) is 98.2 Å². The number of hydrogen-bond acceptors (Lipinski definition) is 9. The Morgan fingerprint density at radius 2 is 2.18 bits per heavy atom. The molecule has 0 radical (unpaired) electrons. The average molecular weight is 356 g/mol. The molecule has 0 amide bonds. The van der Waals surface area contributed by atoms with Crippen LogP contribution in [0.3, 0.4) is 0 Å². The van der Waals surface area contributed by atoms with Crippen LogP contribution in [0.5, 0.6) is 0 Å². The van der Waals surface area contributed by atoms with E-state index in [-0.39, 0.29) is 11.4 Å². The van der Waals surface area contributed by atoms with Crippen LogP contribution in [0.2, 0.25) is 0 Å². The molecule has 0 spiro atoms. The van der Waals surface area contributed by atoms with Crippen LogP contribution in [0.25, 0.3) is 4.96 Å². The van der Waals surface area contributed by atoms with E-state index >= 15 is 0 Å². The molecule has 0 aromatic carbocycles. The van der Waals surface area contributed by atoms with Crippen molar-refractivity contribution < 1.29 is 4.92 Å². The van der Waals surface area contributed by atoms with Crippen LogP contribution in [0.4, 0.5) is 10.9 Å². The number of fused-ring (bicyclic) bond motifs is 1. The van der Waals surface area contributed by atoms with Gasteiger partial charge in [0.25, 0.3) is 4.96 Å². The first-order valence-corrected chi connectivity index (χ1v) is 8.74. The van der Waals surface area contributed by atoms with Crippen LogP contribution in [0.1, 0.15) is 20.8 Å². The molecule has 0 bridgehead atoms. The molecule has 0 unspecified atom stereocenters. The fourth-order valence-corrected chi connectivity index (χ4v) is 4.43. The molecule has 22 heavy (non-hydrogen) atoms. The first kappa shape index (κ1) is 15.2. The van der Waals surface area contributed by atoms with E-state index in [0.717, 1.165) is 11.8 Å². The van der Waals surface area contributed by atoms with E-state index in [1.54, 1.807) is 11.6 Å². The Balaban J connectivity index is 1.89. The standard InChI is InChI=1S/C11H12N6O2S3/c1-11(2,3)13-8-14-15-10(22-8)21-6-7(17(18)19)16-4-5-20-9(16)12-6/h4-5H,1-3H3,(H,13,14). The SMILES string of the molecule is CC(C)(C)Nc1nnc(Sc2nc3sccn3c2[N+](=O)[O-])s1. The van der Waals surface area contributed by atoms with Crippen LogP contribution >= 0.6 is 34.4 Å². The van der Waals surface area contributed by atoms with Crippen molar-refractivity contribution in [1.29, 1.82) is 0 Å². The zero-order valence-corrected chi connectivity index (χ0v) is 14.4. The van der Waals surface area contributed by atoms with Crippen molar-refractivity contribution in [3.05, 3.63) is 21.7 Å². The Labute approximate surface area is 137 Å². The van der Waals surface area contributed by atoms with Gasteiger partial charge in [-0.15, -0.1) is 10.2 Å². The number of hydrogen-bond donors (Lipinski definition) is 1. The van der Waals surface area contributed by atoms with Crippen molar-refractivity contribution >= 4 is 50.3 Å². The molecule has 0 aliphatic carbocycles. The van der Waals surface area contributed by atoms with Crippen molar-refractivity contribution in [1.82, 2.24) is 19.6 Å². The van der Waals surface area contributed by atoms with Crippen LogP contribution in [-0.2, 0) is 0 Å². The Kier molecular flexibility index (Phi) is 3.78. The van der Waals surface area contributed by atoms with Crippen molar-refractivity contribution in [3.63, 3.8) is 0 Å². The van der Waals surface area contributed by atoms with Gasteiger partial charge in [-0.3, -0.25) is 0 Å². The second-order valence-electron chi connectivity index (χ2n) is 5.40. The highest BCUT2D eigenvalue weighted by atomic mass is 32.2. The highest BCUT2D eigenvalue weighted by Crippen LogP contribution is 2.38. The zero-order chi connectivity index (χ0) is 15.9. The molecule has 0 aliphatic rings. The van der Waals surface area contributed by atoms with Gasteiger partial charge in [-0.1, -0.05) is 22.7 Å². The summed E-state index contributed by atoms with van der Waals surface area (Å²) in [6.07, 6.45) is 1.64. The van der Waals surface area contributed by atoms with Crippen molar-refractivity contribution in [2.24, 2.45) is 0 Å². The molecule has 1 N–H and O–H groups in total. The second-order valence-corrected chi connectivity index (χ2v) is 8.49. The quantitative estimate of drug-likeness (QED) is 0.564. The van der Waals surface area contributed by atoms with Crippen LogP contribution in [0, 0.1) is 10.1 Å². The smallest absolute Gasteiger partial charge is 0.358 e. The molecule has 116 valence electrons. The lowest BCUT2D eigenvalue weighted by atomic mass is 10.1. The molecule has 11 heteroatoms. The number of thiazole rings is 1. The molecule has 3 rings (SSSR count). The van der Waals surface area contributed by atoms with Crippen LogP contribution in [-0.4, -0.2) is 30.0 Å². The Morgan fingerprint density at radius 1 is 1.41 bits per heavy atom. The molecule has 0 atom stereocenters. The summed E-state index contributed by atoms with van der Waals surface area (Å²) in [5.74, 6) is -0.0400. The third kappa shape index (κ3) is 3.05. The lowest BCUT2D eigenvalue weighted by molar-refractivity contribution is -0.393. The molecule has 0 aliphatic heterocycles. The number of nitro groups is 1. The molecule has 0 saturated heterocycles. The summed E-state index contributed by atoms with van der Waals surface area (Å²) in [5, 5.41) is 25.4. The maximum Gasteiger partial charge on any atom is 0.363 e. The van der Waals surface area contributed by atoms with Crippen molar-refractivity contribution in [2.75, 3.05) is 5.32 Å². The van der Waals surface area contributed by atoms with Gasteiger partial charge in [-0.2, -0.15) is 9.38 Å². The summed E-state index contributed by atoms with van der Waals surface area (Å²) in [6.45, 7) is 6.07. The highest BCUT2D eigenvalue weighted by Gasteiger charge is 2.25. The van der Waals surface area contributed by atoms with Gasteiger partial charge in [-0.05, 0) is 37.5 Å². The normalized spacial score (nSPS) is 12.0. The number of imidazole rings is 1. The zero-order valence-electron chi connectivity index (χ0n) is 11.9. The summed E-state index contributed by atoms with van der Waals surface area (Å²) in [7, 11) is 0. The summed E-state index contributed by atoms with van der Waals surface area (Å²) in [6, 6.07) is 0. The van der Waals surface area contributed by atoms with Gasteiger partial charge in [0.05, 0.1) is 0 Å². The minimum Gasteiger partial charge on any atom is -0.358 e. The Bertz CT molecular complexity index is 830. The second kappa shape index (κ2) is 5.48. The summed E-state index contributed by atoms with van der Waals surface area (Å²) < 4.78 is 2.09. The van der Waals surface area contributed by atoms with Gasteiger partial charge < -0.3 is 15.4 Å². The van der Waals surface area contributed by atoms with E-state index in [1.165, 1.54) is 27.1 Å². The predicted octanol–water partition coefficient (Wildman–Crippen LogP) is 3.52. The first-order valence-electron chi connectivity index (χ1n) is 6.23. The highest BCUT2D eigenvalue weighted by molar-refractivity contribution is 8.01. The molecule has 0 saturated carbocycles. The van der Waals surface area contributed by atoms with Gasteiger partial charge in [0.1, 0.15) is 6.20 Å². The first-order chi connectivity index (χ1) is 10.3. The Morgan fingerprint density at radius 3 is 2.86 bits per heavy atom. The van der Waals surface area contributed by atoms with E-state index in [0.29, 0.717) is 19.5 Å². The van der Waals surface area contributed by atoms with E-state index in [4.69, 9.17) is 0 Å². The van der Waals surface area contributed by atoms with Gasteiger partial charge in [0.15, 0.2) is 4.34 Å². The Hall–Kier alpha value is -1.72. The van der Waals surface area contributed by atoms with E-state index in [2.05, 4.69) is 20.5 Å². The fourth-order valence-electron chi connectivity index (χ4n) is 1.69. The minimum absolute atomic E-state index is 0.0400. The molecular formula is C11H12N6O2S3.